The molecule has 0 heterocycles. The number of aliphatic hydroxyl groups is 1. The molecule has 12 heavy (non-hydrogen) atoms. The first-order chi connectivity index (χ1) is 5.37. The standard InChI is InChI=1S/C11H24O/c1-6-9(2)10(3)7-8-11(4,5)12/h9-10,12H,6-8H2,1-5H3/t9-,10-/m1/s1. The van der Waals surface area contributed by atoms with Crippen molar-refractivity contribution in [3.8, 4) is 0 Å². The van der Waals surface area contributed by atoms with Gasteiger partial charge in [-0.25, -0.2) is 0 Å². The summed E-state index contributed by atoms with van der Waals surface area (Å²) in [5.74, 6) is 1.52. The molecule has 1 N–H and O–H groups in total. The van der Waals surface area contributed by atoms with Gasteiger partial charge in [0, 0.05) is 0 Å². The van der Waals surface area contributed by atoms with E-state index in [1.165, 1.54) is 6.42 Å². The Morgan fingerprint density at radius 3 is 2.00 bits per heavy atom. The monoisotopic (exact) mass is 172 g/mol. The van der Waals surface area contributed by atoms with E-state index in [0.29, 0.717) is 0 Å². The lowest BCUT2D eigenvalue weighted by Gasteiger charge is -2.23. The molecule has 0 aromatic rings. The highest BCUT2D eigenvalue weighted by Gasteiger charge is 2.16. The van der Waals surface area contributed by atoms with Crippen molar-refractivity contribution in [1.82, 2.24) is 0 Å². The first kappa shape index (κ1) is 12.0. The Bertz CT molecular complexity index is 113. The number of rotatable bonds is 5. The Hall–Kier alpha value is -0.0400. The topological polar surface area (TPSA) is 20.2 Å². The van der Waals surface area contributed by atoms with Crippen molar-refractivity contribution in [2.75, 3.05) is 0 Å². The van der Waals surface area contributed by atoms with E-state index < -0.39 is 5.60 Å². The van der Waals surface area contributed by atoms with Crippen LogP contribution in [-0.2, 0) is 0 Å². The molecule has 0 aromatic heterocycles. The number of hydrogen-bond donors (Lipinski definition) is 1. The van der Waals surface area contributed by atoms with Crippen LogP contribution in [0.2, 0.25) is 0 Å². The fraction of sp³-hybridized carbons (Fsp3) is 1.00. The zero-order valence-electron chi connectivity index (χ0n) is 9.22. The molecule has 0 radical (unpaired) electrons. The van der Waals surface area contributed by atoms with Gasteiger partial charge in [0.05, 0.1) is 5.60 Å². The van der Waals surface area contributed by atoms with Crippen LogP contribution in [0, 0.1) is 11.8 Å². The van der Waals surface area contributed by atoms with Gasteiger partial charge in [-0.3, -0.25) is 0 Å². The molecule has 0 spiro atoms. The highest BCUT2D eigenvalue weighted by atomic mass is 16.3. The molecular weight excluding hydrogens is 148 g/mol. The summed E-state index contributed by atoms with van der Waals surface area (Å²) in [6, 6.07) is 0. The second kappa shape index (κ2) is 4.86. The van der Waals surface area contributed by atoms with Crippen LogP contribution < -0.4 is 0 Å². The Morgan fingerprint density at radius 1 is 1.17 bits per heavy atom. The lowest BCUT2D eigenvalue weighted by molar-refractivity contribution is 0.0614. The molecular formula is C11H24O. The van der Waals surface area contributed by atoms with Gasteiger partial charge in [-0.05, 0) is 38.5 Å². The quantitative estimate of drug-likeness (QED) is 0.675. The maximum atomic E-state index is 9.52. The van der Waals surface area contributed by atoms with Crippen molar-refractivity contribution >= 4 is 0 Å². The van der Waals surface area contributed by atoms with Crippen LogP contribution in [0.25, 0.3) is 0 Å². The summed E-state index contributed by atoms with van der Waals surface area (Å²) in [6.07, 6.45) is 3.30. The highest BCUT2D eigenvalue weighted by molar-refractivity contribution is 4.69. The van der Waals surface area contributed by atoms with Crippen molar-refractivity contribution in [3.05, 3.63) is 0 Å². The van der Waals surface area contributed by atoms with Gasteiger partial charge in [0.1, 0.15) is 0 Å². The summed E-state index contributed by atoms with van der Waals surface area (Å²) < 4.78 is 0. The largest absolute Gasteiger partial charge is 0.390 e. The molecule has 0 aliphatic rings. The van der Waals surface area contributed by atoms with Gasteiger partial charge in [0.2, 0.25) is 0 Å². The fourth-order valence-electron chi connectivity index (χ4n) is 1.27. The Morgan fingerprint density at radius 2 is 1.67 bits per heavy atom. The van der Waals surface area contributed by atoms with E-state index in [1.54, 1.807) is 0 Å². The second-order valence-corrected chi connectivity index (χ2v) is 4.71. The van der Waals surface area contributed by atoms with Crippen LogP contribution >= 0.6 is 0 Å². The van der Waals surface area contributed by atoms with Crippen LogP contribution in [0.1, 0.15) is 53.9 Å². The predicted octanol–water partition coefficient (Wildman–Crippen LogP) is 3.22. The minimum atomic E-state index is -0.484. The van der Waals surface area contributed by atoms with E-state index in [-0.39, 0.29) is 0 Å². The molecule has 0 aromatic carbocycles. The zero-order valence-corrected chi connectivity index (χ0v) is 9.22. The molecule has 0 saturated heterocycles. The van der Waals surface area contributed by atoms with Gasteiger partial charge >= 0.3 is 0 Å². The van der Waals surface area contributed by atoms with Gasteiger partial charge in [-0.2, -0.15) is 0 Å². The van der Waals surface area contributed by atoms with E-state index in [4.69, 9.17) is 0 Å². The molecule has 0 fully saturated rings. The Kier molecular flexibility index (Phi) is 4.84. The van der Waals surface area contributed by atoms with Crippen LogP contribution in [0.3, 0.4) is 0 Å². The van der Waals surface area contributed by atoms with E-state index in [9.17, 15) is 5.11 Å². The van der Waals surface area contributed by atoms with Crippen molar-refractivity contribution in [3.63, 3.8) is 0 Å². The van der Waals surface area contributed by atoms with Crippen molar-refractivity contribution in [2.24, 2.45) is 11.8 Å². The molecule has 0 saturated carbocycles. The predicted molar refractivity (Wildman–Crippen MR) is 54.2 cm³/mol. The lowest BCUT2D eigenvalue weighted by Crippen LogP contribution is -2.20. The average molecular weight is 172 g/mol. The molecule has 0 aliphatic heterocycles. The first-order valence-electron chi connectivity index (χ1n) is 5.09. The van der Waals surface area contributed by atoms with Gasteiger partial charge in [0.15, 0.2) is 0 Å². The average Bonchev–Trinajstić information content (AvgIpc) is 1.97. The summed E-state index contributed by atoms with van der Waals surface area (Å²) >= 11 is 0. The van der Waals surface area contributed by atoms with Crippen molar-refractivity contribution in [1.29, 1.82) is 0 Å². The van der Waals surface area contributed by atoms with Crippen LogP contribution in [-0.4, -0.2) is 10.7 Å². The zero-order chi connectivity index (χ0) is 9.78. The van der Waals surface area contributed by atoms with Gasteiger partial charge in [-0.15, -0.1) is 0 Å². The van der Waals surface area contributed by atoms with E-state index in [2.05, 4.69) is 20.8 Å². The summed E-state index contributed by atoms with van der Waals surface area (Å²) in [6.45, 7) is 10.6. The summed E-state index contributed by atoms with van der Waals surface area (Å²) in [5.41, 5.74) is -0.484. The third-order valence-electron chi connectivity index (χ3n) is 2.83. The van der Waals surface area contributed by atoms with Gasteiger partial charge in [0.25, 0.3) is 0 Å². The maximum Gasteiger partial charge on any atom is 0.0591 e. The second-order valence-electron chi connectivity index (χ2n) is 4.71. The Balaban J connectivity index is 3.64. The van der Waals surface area contributed by atoms with Gasteiger partial charge in [-0.1, -0.05) is 27.2 Å². The van der Waals surface area contributed by atoms with Crippen LogP contribution in [0.5, 0.6) is 0 Å². The molecule has 0 bridgehead atoms. The minimum Gasteiger partial charge on any atom is -0.390 e. The first-order valence-corrected chi connectivity index (χ1v) is 5.09. The van der Waals surface area contributed by atoms with E-state index in [1.807, 2.05) is 13.8 Å². The molecule has 0 rings (SSSR count). The normalized spacial score (nSPS) is 17.5. The molecule has 0 amide bonds. The van der Waals surface area contributed by atoms with Crippen molar-refractivity contribution < 1.29 is 5.11 Å². The number of hydrogen-bond acceptors (Lipinski definition) is 1. The summed E-state index contributed by atoms with van der Waals surface area (Å²) in [7, 11) is 0. The maximum absolute atomic E-state index is 9.52. The van der Waals surface area contributed by atoms with E-state index >= 15 is 0 Å². The third kappa shape index (κ3) is 5.59. The van der Waals surface area contributed by atoms with Crippen molar-refractivity contribution in [2.45, 2.75) is 59.5 Å². The Labute approximate surface area is 77.2 Å². The summed E-state index contributed by atoms with van der Waals surface area (Å²) in [5, 5.41) is 9.52. The van der Waals surface area contributed by atoms with Crippen LogP contribution in [0.15, 0.2) is 0 Å². The molecule has 74 valence electrons. The van der Waals surface area contributed by atoms with Gasteiger partial charge < -0.3 is 5.11 Å². The highest BCUT2D eigenvalue weighted by Crippen LogP contribution is 2.23. The molecule has 2 atom stereocenters. The van der Waals surface area contributed by atoms with Crippen LogP contribution in [0.4, 0.5) is 0 Å². The van der Waals surface area contributed by atoms with E-state index in [0.717, 1.165) is 24.7 Å². The molecule has 1 nitrogen and oxygen atoms in total. The smallest absolute Gasteiger partial charge is 0.0591 e. The fourth-order valence-corrected chi connectivity index (χ4v) is 1.27. The lowest BCUT2D eigenvalue weighted by atomic mass is 9.86. The molecule has 0 unspecified atom stereocenters. The molecule has 0 aliphatic carbocycles. The minimum absolute atomic E-state index is 0.484. The summed E-state index contributed by atoms with van der Waals surface area (Å²) in [4.78, 5) is 0. The SMILES string of the molecule is CC[C@@H](C)[C@H](C)CCC(C)(C)O. The molecule has 1 heteroatoms. The third-order valence-corrected chi connectivity index (χ3v) is 2.83.